The molecule has 0 aromatic heterocycles. The summed E-state index contributed by atoms with van der Waals surface area (Å²) >= 11 is 4.19. The van der Waals surface area contributed by atoms with Crippen LogP contribution in [0.2, 0.25) is 0 Å². The van der Waals surface area contributed by atoms with Crippen molar-refractivity contribution in [2.75, 3.05) is 0 Å². The lowest BCUT2D eigenvalue weighted by atomic mass is 9.76. The van der Waals surface area contributed by atoms with Crippen molar-refractivity contribution in [1.82, 2.24) is 0 Å². The van der Waals surface area contributed by atoms with Gasteiger partial charge in [-0.3, -0.25) is 4.79 Å². The fourth-order valence-corrected chi connectivity index (χ4v) is 1.77. The fourth-order valence-electron chi connectivity index (χ4n) is 1.57. The second-order valence-corrected chi connectivity index (χ2v) is 5.00. The zero-order valence-corrected chi connectivity index (χ0v) is 8.97. The number of thiol groups is 1. The van der Waals surface area contributed by atoms with Gasteiger partial charge in [-0.1, -0.05) is 12.2 Å². The Bertz CT molecular complexity index is 245. The minimum atomic E-state index is -0.869. The highest BCUT2D eigenvalue weighted by Crippen LogP contribution is 2.36. The van der Waals surface area contributed by atoms with Gasteiger partial charge in [0.2, 0.25) is 0 Å². The Hall–Kier alpha value is -0.280. The van der Waals surface area contributed by atoms with E-state index < -0.39 is 10.9 Å². The van der Waals surface area contributed by atoms with Crippen molar-refractivity contribution in [3.05, 3.63) is 12.2 Å². The summed E-state index contributed by atoms with van der Waals surface area (Å²) in [5.74, 6) is 0.144. The molecule has 0 unspecified atom stereocenters. The molecule has 3 atom stereocenters. The van der Waals surface area contributed by atoms with Gasteiger partial charge in [0.25, 0.3) is 0 Å². The van der Waals surface area contributed by atoms with E-state index >= 15 is 0 Å². The normalized spacial score (nSPS) is 40.5. The molecule has 0 aromatic rings. The van der Waals surface area contributed by atoms with Crippen molar-refractivity contribution in [3.8, 4) is 0 Å². The van der Waals surface area contributed by atoms with Gasteiger partial charge in [0, 0.05) is 6.42 Å². The lowest BCUT2D eigenvalue weighted by Gasteiger charge is -2.37. The van der Waals surface area contributed by atoms with E-state index in [-0.39, 0.29) is 11.7 Å². The van der Waals surface area contributed by atoms with Gasteiger partial charge >= 0.3 is 0 Å². The topological polar surface area (TPSA) is 37.3 Å². The lowest BCUT2D eigenvalue weighted by Crippen LogP contribution is -2.47. The number of ketones is 1. The Balaban J connectivity index is 2.79. The molecule has 74 valence electrons. The molecule has 0 bridgehead atoms. The van der Waals surface area contributed by atoms with Gasteiger partial charge in [0.15, 0.2) is 5.78 Å². The number of allylic oxidation sites excluding steroid dienone is 1. The first-order valence-corrected chi connectivity index (χ1v) is 4.89. The minimum Gasteiger partial charge on any atom is -0.391 e. The van der Waals surface area contributed by atoms with Crippen molar-refractivity contribution in [2.24, 2.45) is 5.92 Å². The minimum absolute atomic E-state index is 0.0163. The number of Topliss-reactive ketones (excluding diaryl/α,β-unsaturated/α-hetero) is 1. The third kappa shape index (κ3) is 1.97. The highest BCUT2D eigenvalue weighted by Gasteiger charge is 2.43. The number of hydrogen-bond donors (Lipinski definition) is 2. The van der Waals surface area contributed by atoms with Crippen LogP contribution in [0.3, 0.4) is 0 Å². The van der Waals surface area contributed by atoms with Gasteiger partial charge in [-0.25, -0.2) is 0 Å². The van der Waals surface area contributed by atoms with Crippen LogP contribution < -0.4 is 0 Å². The average Bonchev–Trinajstić information content (AvgIpc) is 2.00. The molecule has 13 heavy (non-hydrogen) atoms. The molecular formula is C10H16O2S. The monoisotopic (exact) mass is 200 g/mol. The first-order valence-electron chi connectivity index (χ1n) is 4.45. The maximum absolute atomic E-state index is 11.6. The second kappa shape index (κ2) is 3.46. The summed E-state index contributed by atoms with van der Waals surface area (Å²) in [4.78, 5) is 11.6. The quantitative estimate of drug-likeness (QED) is 0.498. The first-order chi connectivity index (χ1) is 5.85. The molecule has 1 rings (SSSR count). The Morgan fingerprint density at radius 3 is 2.69 bits per heavy atom. The second-order valence-electron chi connectivity index (χ2n) is 4.07. The van der Waals surface area contributed by atoms with Crippen LogP contribution in [-0.2, 0) is 4.79 Å². The zero-order chi connectivity index (χ0) is 10.2. The molecule has 1 aliphatic carbocycles. The summed E-state index contributed by atoms with van der Waals surface area (Å²) in [6.45, 7) is 7.38. The molecule has 0 aliphatic heterocycles. The van der Waals surface area contributed by atoms with Crippen LogP contribution >= 0.6 is 12.6 Å². The maximum atomic E-state index is 11.6. The number of carbonyl (C=O) groups is 1. The average molecular weight is 200 g/mol. The van der Waals surface area contributed by atoms with E-state index in [4.69, 9.17) is 0 Å². The Morgan fingerprint density at radius 1 is 1.77 bits per heavy atom. The SMILES string of the molecule is C=C(C)[C@@H]1CC(=O)[C@](C)(S)[C@@H](O)C1. The number of rotatable bonds is 1. The summed E-state index contributed by atoms with van der Waals surface area (Å²) in [7, 11) is 0. The van der Waals surface area contributed by atoms with Crippen LogP contribution in [0, 0.1) is 5.92 Å². The Labute approximate surface area is 84.4 Å². The number of carbonyl (C=O) groups excluding carboxylic acids is 1. The summed E-state index contributed by atoms with van der Waals surface area (Å²) in [5, 5.41) is 9.69. The Kier molecular flexibility index (Phi) is 2.88. The van der Waals surface area contributed by atoms with E-state index in [0.717, 1.165) is 5.57 Å². The van der Waals surface area contributed by atoms with E-state index in [1.165, 1.54) is 0 Å². The summed E-state index contributed by atoms with van der Waals surface area (Å²) in [5.41, 5.74) is 0.969. The van der Waals surface area contributed by atoms with E-state index in [2.05, 4.69) is 19.2 Å². The molecule has 0 aromatic carbocycles. The van der Waals surface area contributed by atoms with Crippen LogP contribution in [0.25, 0.3) is 0 Å². The van der Waals surface area contributed by atoms with Gasteiger partial charge in [0.1, 0.15) is 0 Å². The van der Waals surface area contributed by atoms with Crippen molar-refractivity contribution in [1.29, 1.82) is 0 Å². The standard InChI is InChI=1S/C10H16O2S/c1-6(2)7-4-8(11)10(3,13)9(12)5-7/h7-8,11,13H,1,4-5H2,2-3H3/t7-,8-,10+/m0/s1. The third-order valence-corrected chi connectivity index (χ3v) is 3.40. The molecule has 0 saturated heterocycles. The molecular weight excluding hydrogens is 184 g/mol. The highest BCUT2D eigenvalue weighted by atomic mass is 32.1. The van der Waals surface area contributed by atoms with Crippen LogP contribution in [-0.4, -0.2) is 21.7 Å². The molecule has 1 fully saturated rings. The summed E-state index contributed by atoms with van der Waals surface area (Å²) in [6.07, 6.45) is 0.409. The predicted molar refractivity (Wildman–Crippen MR) is 55.9 cm³/mol. The highest BCUT2D eigenvalue weighted by molar-refractivity contribution is 7.82. The maximum Gasteiger partial charge on any atom is 0.151 e. The van der Waals surface area contributed by atoms with E-state index in [1.54, 1.807) is 6.92 Å². The molecule has 1 N–H and O–H groups in total. The zero-order valence-electron chi connectivity index (χ0n) is 8.08. The predicted octanol–water partition coefficient (Wildman–Crippen LogP) is 1.59. The molecule has 0 spiro atoms. The van der Waals surface area contributed by atoms with Crippen molar-refractivity contribution in [2.45, 2.75) is 37.5 Å². The fraction of sp³-hybridized carbons (Fsp3) is 0.700. The summed E-state index contributed by atoms with van der Waals surface area (Å²) < 4.78 is -0.869. The molecule has 0 heterocycles. The van der Waals surface area contributed by atoms with Crippen molar-refractivity contribution in [3.63, 3.8) is 0 Å². The van der Waals surface area contributed by atoms with Crippen LogP contribution in [0.15, 0.2) is 12.2 Å². The van der Waals surface area contributed by atoms with E-state index in [1.807, 2.05) is 6.92 Å². The number of aliphatic hydroxyl groups excluding tert-OH is 1. The molecule has 0 radical (unpaired) electrons. The number of aliphatic hydroxyl groups is 1. The molecule has 1 aliphatic rings. The van der Waals surface area contributed by atoms with Gasteiger partial charge in [-0.15, -0.1) is 0 Å². The van der Waals surface area contributed by atoms with Gasteiger partial charge in [0.05, 0.1) is 10.9 Å². The van der Waals surface area contributed by atoms with Gasteiger partial charge < -0.3 is 5.11 Å². The molecule has 3 heteroatoms. The molecule has 1 saturated carbocycles. The van der Waals surface area contributed by atoms with Crippen LogP contribution in [0.4, 0.5) is 0 Å². The largest absolute Gasteiger partial charge is 0.391 e. The molecule has 2 nitrogen and oxygen atoms in total. The summed E-state index contributed by atoms with van der Waals surface area (Å²) in [6, 6.07) is 0. The third-order valence-electron chi connectivity index (χ3n) is 2.85. The van der Waals surface area contributed by atoms with E-state index in [9.17, 15) is 9.90 Å². The first kappa shape index (κ1) is 10.8. The smallest absolute Gasteiger partial charge is 0.151 e. The van der Waals surface area contributed by atoms with Crippen molar-refractivity contribution < 1.29 is 9.90 Å². The van der Waals surface area contributed by atoms with E-state index in [0.29, 0.717) is 12.8 Å². The van der Waals surface area contributed by atoms with Gasteiger partial charge in [-0.2, -0.15) is 12.6 Å². The van der Waals surface area contributed by atoms with Crippen LogP contribution in [0.5, 0.6) is 0 Å². The van der Waals surface area contributed by atoms with Gasteiger partial charge in [-0.05, 0) is 26.2 Å². The lowest BCUT2D eigenvalue weighted by molar-refractivity contribution is -0.127. The van der Waals surface area contributed by atoms with Crippen LogP contribution in [0.1, 0.15) is 26.7 Å². The number of hydrogen-bond acceptors (Lipinski definition) is 3. The van der Waals surface area contributed by atoms with Crippen molar-refractivity contribution >= 4 is 18.4 Å². The Morgan fingerprint density at radius 2 is 2.31 bits per heavy atom. The molecule has 0 amide bonds.